The van der Waals surface area contributed by atoms with E-state index in [-0.39, 0.29) is 11.5 Å². The van der Waals surface area contributed by atoms with Gasteiger partial charge in [-0.25, -0.2) is 4.79 Å². The van der Waals surface area contributed by atoms with Crippen molar-refractivity contribution < 1.29 is 9.15 Å². The minimum atomic E-state index is -0.728. The molecule has 3 rings (SSSR count). The highest BCUT2D eigenvalue weighted by atomic mass is 31.0. The minimum absolute atomic E-state index is 0.0122. The SMILES string of the molecule is COc1ccc2cc3c(=O)[nH]c(=O)nc-3oc2c1P. The maximum atomic E-state index is 11.7. The predicted octanol–water partition coefficient (Wildman–Crippen LogP) is 0.490. The van der Waals surface area contributed by atoms with Gasteiger partial charge in [-0.15, -0.1) is 0 Å². The molecule has 0 aromatic heterocycles. The molecule has 0 spiro atoms. The van der Waals surface area contributed by atoms with E-state index >= 15 is 0 Å². The van der Waals surface area contributed by atoms with Gasteiger partial charge >= 0.3 is 5.69 Å². The van der Waals surface area contributed by atoms with E-state index in [4.69, 9.17) is 9.15 Å². The fraction of sp³-hybridized carbons (Fsp3) is 0.0833. The van der Waals surface area contributed by atoms with Gasteiger partial charge < -0.3 is 9.15 Å². The van der Waals surface area contributed by atoms with Crippen molar-refractivity contribution in [3.8, 4) is 17.2 Å². The van der Waals surface area contributed by atoms with E-state index in [2.05, 4.69) is 19.2 Å². The molecule has 1 aromatic rings. The molecular formula is C12H9N2O4P. The lowest BCUT2D eigenvalue weighted by Crippen LogP contribution is -2.24. The van der Waals surface area contributed by atoms with Crippen molar-refractivity contribution >= 4 is 25.5 Å². The lowest BCUT2D eigenvalue weighted by Gasteiger charge is -2.09. The number of aromatic nitrogens is 2. The third-order valence-corrected chi connectivity index (χ3v) is 3.35. The Morgan fingerprint density at radius 3 is 2.89 bits per heavy atom. The summed E-state index contributed by atoms with van der Waals surface area (Å²) in [5.41, 5.74) is -0.494. The van der Waals surface area contributed by atoms with Crippen LogP contribution in [0.1, 0.15) is 0 Å². The smallest absolute Gasteiger partial charge is 0.351 e. The van der Waals surface area contributed by atoms with E-state index in [1.807, 2.05) is 0 Å². The highest BCUT2D eigenvalue weighted by Crippen LogP contribution is 2.26. The largest absolute Gasteiger partial charge is 0.496 e. The van der Waals surface area contributed by atoms with Crippen LogP contribution in [0.15, 0.2) is 32.2 Å². The normalized spacial score (nSPS) is 11.1. The first kappa shape index (κ1) is 11.9. The summed E-state index contributed by atoms with van der Waals surface area (Å²) in [4.78, 5) is 28.6. The van der Waals surface area contributed by atoms with Crippen LogP contribution in [0.3, 0.4) is 0 Å². The molecule has 2 aliphatic rings. The lowest BCUT2D eigenvalue weighted by molar-refractivity contribution is 0.418. The number of ether oxygens (including phenoxy) is 1. The zero-order chi connectivity index (χ0) is 13.6. The van der Waals surface area contributed by atoms with Gasteiger partial charge in [-0.1, -0.05) is 9.24 Å². The Kier molecular flexibility index (Phi) is 2.61. The summed E-state index contributed by atoms with van der Waals surface area (Å²) < 4.78 is 10.7. The molecule has 19 heavy (non-hydrogen) atoms. The van der Waals surface area contributed by atoms with Crippen molar-refractivity contribution in [2.75, 3.05) is 7.11 Å². The fourth-order valence-corrected chi connectivity index (χ4v) is 2.34. The van der Waals surface area contributed by atoms with Crippen LogP contribution in [0.5, 0.6) is 5.75 Å². The molecule has 0 radical (unpaired) electrons. The Morgan fingerprint density at radius 1 is 1.37 bits per heavy atom. The van der Waals surface area contributed by atoms with Crippen LogP contribution in [0, 0.1) is 0 Å². The standard InChI is InChI=1S/C12H9N2O4P/c1-17-7-3-2-5-4-6-10(15)13-12(16)14-11(6)18-8(5)9(7)19/h2-4H,19H2,1H3,(H,13,15,16). The summed E-state index contributed by atoms with van der Waals surface area (Å²) in [5, 5.41) is 1.43. The third kappa shape index (κ3) is 1.81. The number of fused-ring (bicyclic) bond motifs is 2. The first-order valence-electron chi connectivity index (χ1n) is 5.40. The van der Waals surface area contributed by atoms with Gasteiger partial charge in [-0.3, -0.25) is 9.78 Å². The second-order valence-electron chi connectivity index (χ2n) is 3.94. The molecule has 0 aliphatic carbocycles. The van der Waals surface area contributed by atoms with E-state index in [1.165, 1.54) is 0 Å². The molecule has 6 nitrogen and oxygen atoms in total. The highest BCUT2D eigenvalue weighted by Gasteiger charge is 2.16. The first-order chi connectivity index (χ1) is 9.10. The average Bonchev–Trinajstić information content (AvgIpc) is 2.38. The van der Waals surface area contributed by atoms with Gasteiger partial charge in [0.05, 0.1) is 12.4 Å². The second kappa shape index (κ2) is 4.17. The van der Waals surface area contributed by atoms with E-state index < -0.39 is 11.2 Å². The Labute approximate surface area is 109 Å². The summed E-state index contributed by atoms with van der Waals surface area (Å²) in [5.74, 6) is 0.644. The number of nitrogens with zero attached hydrogens (tertiary/aromatic N) is 1. The summed E-state index contributed by atoms with van der Waals surface area (Å²) in [6.45, 7) is 0. The van der Waals surface area contributed by atoms with Crippen molar-refractivity contribution in [1.82, 2.24) is 9.97 Å². The number of aromatic amines is 1. The average molecular weight is 276 g/mol. The minimum Gasteiger partial charge on any atom is -0.496 e. The molecule has 0 amide bonds. The zero-order valence-electron chi connectivity index (χ0n) is 9.89. The fourth-order valence-electron chi connectivity index (χ4n) is 1.90. The maximum Gasteiger partial charge on any atom is 0.351 e. The van der Waals surface area contributed by atoms with E-state index in [0.717, 1.165) is 5.39 Å². The number of rotatable bonds is 1. The number of nitrogens with one attached hydrogen (secondary N) is 1. The van der Waals surface area contributed by atoms with Gasteiger partial charge in [0.25, 0.3) is 5.56 Å². The monoisotopic (exact) mass is 276 g/mol. The summed E-state index contributed by atoms with van der Waals surface area (Å²) in [6, 6.07) is 5.18. The van der Waals surface area contributed by atoms with Crippen molar-refractivity contribution in [3.63, 3.8) is 0 Å². The molecule has 1 unspecified atom stereocenters. The number of benzene rings is 1. The van der Waals surface area contributed by atoms with E-state index in [0.29, 0.717) is 16.6 Å². The Morgan fingerprint density at radius 2 is 2.16 bits per heavy atom. The van der Waals surface area contributed by atoms with Crippen LogP contribution in [0.25, 0.3) is 22.4 Å². The van der Waals surface area contributed by atoms with Crippen molar-refractivity contribution in [2.24, 2.45) is 0 Å². The van der Waals surface area contributed by atoms with Crippen LogP contribution in [-0.4, -0.2) is 17.1 Å². The van der Waals surface area contributed by atoms with Crippen LogP contribution >= 0.6 is 9.24 Å². The third-order valence-electron chi connectivity index (χ3n) is 2.80. The van der Waals surface area contributed by atoms with E-state index in [9.17, 15) is 9.59 Å². The van der Waals surface area contributed by atoms with Crippen molar-refractivity contribution in [3.05, 3.63) is 39.0 Å². The molecule has 0 saturated carbocycles. The predicted molar refractivity (Wildman–Crippen MR) is 73.4 cm³/mol. The van der Waals surface area contributed by atoms with E-state index in [1.54, 1.807) is 25.3 Å². The van der Waals surface area contributed by atoms with Gasteiger partial charge in [0.15, 0.2) is 0 Å². The summed E-state index contributed by atoms with van der Waals surface area (Å²) >= 11 is 0. The topological polar surface area (TPSA) is 85.2 Å². The van der Waals surface area contributed by atoms with Gasteiger partial charge in [-0.05, 0) is 18.2 Å². The van der Waals surface area contributed by atoms with Gasteiger partial charge in [0.2, 0.25) is 5.89 Å². The summed E-state index contributed by atoms with van der Waals surface area (Å²) in [6.07, 6.45) is 0. The molecule has 0 fully saturated rings. The quantitative estimate of drug-likeness (QED) is 0.516. The molecule has 1 aromatic carbocycles. The summed E-state index contributed by atoms with van der Waals surface area (Å²) in [7, 11) is 4.06. The number of methoxy groups -OCH3 is 1. The number of H-pyrrole nitrogens is 1. The molecule has 2 aliphatic heterocycles. The zero-order valence-corrected chi connectivity index (χ0v) is 11.0. The van der Waals surface area contributed by atoms with Crippen LogP contribution in [0.2, 0.25) is 0 Å². The van der Waals surface area contributed by atoms with Crippen LogP contribution in [-0.2, 0) is 0 Å². The Balaban J connectivity index is 2.50. The number of hydrogen-bond acceptors (Lipinski definition) is 5. The number of hydrogen-bond donors (Lipinski definition) is 1. The Hall–Kier alpha value is -2.20. The maximum absolute atomic E-state index is 11.7. The van der Waals surface area contributed by atoms with Crippen LogP contribution < -0.4 is 21.3 Å². The molecule has 2 heterocycles. The molecule has 1 atom stereocenters. The van der Waals surface area contributed by atoms with Gasteiger partial charge in [0.1, 0.15) is 16.9 Å². The van der Waals surface area contributed by atoms with Gasteiger partial charge in [0, 0.05) is 5.39 Å². The lowest BCUT2D eigenvalue weighted by atomic mass is 10.1. The van der Waals surface area contributed by atoms with Crippen LogP contribution in [0.4, 0.5) is 0 Å². The van der Waals surface area contributed by atoms with Crippen molar-refractivity contribution in [1.29, 1.82) is 0 Å². The van der Waals surface area contributed by atoms with Crippen molar-refractivity contribution in [2.45, 2.75) is 0 Å². The highest BCUT2D eigenvalue weighted by molar-refractivity contribution is 7.28. The Bertz CT molecular complexity index is 868. The van der Waals surface area contributed by atoms with Gasteiger partial charge in [-0.2, -0.15) is 4.98 Å². The molecule has 0 bridgehead atoms. The molecule has 96 valence electrons. The molecule has 0 saturated heterocycles. The molecule has 7 heteroatoms. The second-order valence-corrected chi connectivity index (χ2v) is 4.51. The first-order valence-corrected chi connectivity index (χ1v) is 5.98. The molecular weight excluding hydrogens is 267 g/mol. The molecule has 1 N–H and O–H groups in total.